The van der Waals surface area contributed by atoms with Gasteiger partial charge >= 0.3 is 21.7 Å². The lowest BCUT2D eigenvalue weighted by atomic mass is 9.96. The Morgan fingerprint density at radius 2 is 1.02 bits per heavy atom. The molecule has 10 heteroatoms. The van der Waals surface area contributed by atoms with E-state index in [0.29, 0.717) is 48.9 Å². The summed E-state index contributed by atoms with van der Waals surface area (Å²) in [5.41, 5.74) is 11.3. The van der Waals surface area contributed by atoms with E-state index in [0.717, 1.165) is 72.2 Å². The van der Waals surface area contributed by atoms with Crippen molar-refractivity contribution in [3.05, 3.63) is 208 Å². The summed E-state index contributed by atoms with van der Waals surface area (Å²) < 4.78 is 10.6. The van der Waals surface area contributed by atoms with E-state index < -0.39 is 5.97 Å². The van der Waals surface area contributed by atoms with Crippen molar-refractivity contribution < 1.29 is 19.4 Å². The molecule has 8 aromatic rings. The Bertz CT molecular complexity index is 3030. The van der Waals surface area contributed by atoms with E-state index in [2.05, 4.69) is 18.2 Å². The molecular weight excluding hydrogens is 801 g/mol. The van der Waals surface area contributed by atoms with E-state index in [1.807, 2.05) is 120 Å². The van der Waals surface area contributed by atoms with Crippen molar-refractivity contribution in [3.8, 4) is 0 Å². The van der Waals surface area contributed by atoms with Gasteiger partial charge in [-0.15, -0.1) is 0 Å². The lowest BCUT2D eigenvalue weighted by Crippen LogP contribution is -2.13. The molecule has 0 saturated heterocycles. The monoisotopic (exact) mass is 844 g/mol. The van der Waals surface area contributed by atoms with Gasteiger partial charge in [0.2, 0.25) is 0 Å². The highest BCUT2D eigenvalue weighted by atomic mass is 32.1. The van der Waals surface area contributed by atoms with Crippen LogP contribution in [0.2, 0.25) is 0 Å². The van der Waals surface area contributed by atoms with Crippen LogP contribution in [0, 0.1) is 0 Å². The number of hydrogen-bond acceptors (Lipinski definition) is 7. The molecule has 2 heterocycles. The van der Waals surface area contributed by atoms with Crippen LogP contribution in [-0.4, -0.2) is 33.3 Å². The lowest BCUT2D eigenvalue weighted by Gasteiger charge is -2.11. The number of esters is 1. The average molecular weight is 845 g/mol. The smallest absolute Gasteiger partial charge is 0.338 e. The largest absolute Gasteiger partial charge is 0.478 e. The third kappa shape index (κ3) is 9.06. The molecule has 1 N–H and O–H groups in total. The molecule has 2 fully saturated rings. The first kappa shape index (κ1) is 40.1. The number of aromatic carboxylic acids is 1. The lowest BCUT2D eigenvalue weighted by molar-refractivity contribution is 0.0598. The minimum Gasteiger partial charge on any atom is -0.478 e. The Balaban J connectivity index is 0.000000156. The molecule has 306 valence electrons. The average Bonchev–Trinajstić information content (AvgIpc) is 4.22. The minimum absolute atomic E-state index is 0.0195. The number of carbonyl (C=O) groups excluding carboxylic acids is 1. The summed E-state index contributed by atoms with van der Waals surface area (Å²) in [5, 5.41) is 9.68. The molecule has 61 heavy (non-hydrogen) atoms. The number of rotatable bonds is 12. The summed E-state index contributed by atoms with van der Waals surface area (Å²) in [7, 11) is 1.43. The minimum atomic E-state index is -0.882. The molecule has 2 aliphatic carbocycles. The number of ether oxygens (including phenoxy) is 1. The van der Waals surface area contributed by atoms with Crippen molar-refractivity contribution in [3.63, 3.8) is 0 Å². The number of hydrogen-bond donors (Lipinski definition) is 1. The van der Waals surface area contributed by atoms with Crippen LogP contribution in [0.3, 0.4) is 0 Å². The van der Waals surface area contributed by atoms with Crippen molar-refractivity contribution in [1.29, 1.82) is 0 Å². The van der Waals surface area contributed by atoms with Crippen LogP contribution in [0.15, 0.2) is 143 Å². The maximum atomic E-state index is 12.6. The quantitative estimate of drug-likeness (QED) is 0.123. The normalized spacial score (nSPS) is 13.5. The first-order valence-electron chi connectivity index (χ1n) is 20.6. The van der Waals surface area contributed by atoms with Gasteiger partial charge in [-0.1, -0.05) is 120 Å². The van der Waals surface area contributed by atoms with E-state index in [1.165, 1.54) is 48.2 Å². The summed E-state index contributed by atoms with van der Waals surface area (Å²) in [4.78, 5) is 49.4. The molecule has 2 aromatic heterocycles. The molecule has 0 atom stereocenters. The van der Waals surface area contributed by atoms with Gasteiger partial charge in [0.15, 0.2) is 0 Å². The van der Waals surface area contributed by atoms with E-state index in [4.69, 9.17) is 4.74 Å². The van der Waals surface area contributed by atoms with Crippen molar-refractivity contribution in [2.75, 3.05) is 7.11 Å². The SMILES string of the molecule is COC(=O)c1cc(C2CC2)ccc1Cc1ccc2c(c1)sc(=O)n2Cc1ccccc1.O=C(O)c1cc(C2CC2)ccc1Cc1ccc2c(c1)sc(=O)n2Cc1ccccc1. The van der Waals surface area contributed by atoms with Crippen LogP contribution < -0.4 is 9.75 Å². The van der Waals surface area contributed by atoms with E-state index in [-0.39, 0.29) is 15.7 Å². The van der Waals surface area contributed by atoms with Crippen LogP contribution in [0.1, 0.15) is 103 Å². The van der Waals surface area contributed by atoms with E-state index >= 15 is 0 Å². The molecule has 10 rings (SSSR count). The van der Waals surface area contributed by atoms with E-state index in [1.54, 1.807) is 4.57 Å². The van der Waals surface area contributed by atoms with Crippen LogP contribution in [0.25, 0.3) is 20.4 Å². The molecule has 0 radical (unpaired) electrons. The zero-order chi connectivity index (χ0) is 42.0. The van der Waals surface area contributed by atoms with Gasteiger partial charge in [-0.05, 0) is 131 Å². The molecular formula is C51H44N2O6S2. The van der Waals surface area contributed by atoms with Gasteiger partial charge in [0.25, 0.3) is 0 Å². The van der Waals surface area contributed by atoms with Crippen LogP contribution in [0.4, 0.5) is 0 Å². The van der Waals surface area contributed by atoms with Crippen molar-refractivity contribution in [2.24, 2.45) is 0 Å². The Labute approximate surface area is 361 Å². The number of aromatic nitrogens is 2. The maximum Gasteiger partial charge on any atom is 0.338 e. The van der Waals surface area contributed by atoms with Crippen LogP contribution in [-0.2, 0) is 30.7 Å². The number of fused-ring (bicyclic) bond motifs is 2. The van der Waals surface area contributed by atoms with Gasteiger partial charge in [0.05, 0.1) is 51.8 Å². The molecule has 0 bridgehead atoms. The molecule has 2 saturated carbocycles. The van der Waals surface area contributed by atoms with Crippen LogP contribution >= 0.6 is 22.7 Å². The molecule has 0 unspecified atom stereocenters. The van der Waals surface area contributed by atoms with Crippen molar-refractivity contribution in [1.82, 2.24) is 9.13 Å². The fourth-order valence-corrected chi connectivity index (χ4v) is 9.96. The topological polar surface area (TPSA) is 108 Å². The number of benzene rings is 6. The maximum absolute atomic E-state index is 12.6. The zero-order valence-electron chi connectivity index (χ0n) is 33.7. The highest BCUT2D eigenvalue weighted by Gasteiger charge is 2.26. The van der Waals surface area contributed by atoms with Crippen molar-refractivity contribution in [2.45, 2.75) is 63.5 Å². The fraction of sp³-hybridized carbons (Fsp3) is 0.216. The van der Waals surface area contributed by atoms with Crippen LogP contribution in [0.5, 0.6) is 0 Å². The highest BCUT2D eigenvalue weighted by Crippen LogP contribution is 2.42. The third-order valence-corrected chi connectivity index (χ3v) is 13.5. The number of nitrogens with zero attached hydrogens (tertiary/aromatic N) is 2. The number of methoxy groups -OCH3 is 1. The third-order valence-electron chi connectivity index (χ3n) is 11.6. The first-order chi connectivity index (χ1) is 29.7. The molecule has 0 amide bonds. The predicted molar refractivity (Wildman–Crippen MR) is 244 cm³/mol. The second kappa shape index (κ2) is 17.3. The first-order valence-corrected chi connectivity index (χ1v) is 22.2. The predicted octanol–water partition coefficient (Wildman–Crippen LogP) is 10.6. The van der Waals surface area contributed by atoms with Gasteiger partial charge < -0.3 is 9.84 Å². The zero-order valence-corrected chi connectivity index (χ0v) is 35.3. The summed E-state index contributed by atoms with van der Waals surface area (Å²) in [6.45, 7) is 1.11. The van der Waals surface area contributed by atoms with Gasteiger partial charge in [0, 0.05) is 0 Å². The Morgan fingerprint density at radius 3 is 1.44 bits per heavy atom. The standard InChI is InChI=1S/C26H23NO3S.C25H21NO3S/c1-30-25(28)22-15-20(19-8-9-19)10-11-21(22)13-18-7-12-23-24(14-18)31-26(29)27(23)16-17-5-3-2-4-6-17;27-24(28)21-14-19(18-7-8-18)9-10-20(21)12-17-6-11-22-23(13-17)30-25(29)26(22)15-16-4-2-1-3-5-16/h2-7,10-12,14-15,19H,8-9,13,16H2,1H3;1-6,9-11,13-14,18H,7-8,12,15H2,(H,27,28). The molecule has 0 spiro atoms. The molecule has 8 nitrogen and oxygen atoms in total. The summed E-state index contributed by atoms with van der Waals surface area (Å²) >= 11 is 2.51. The van der Waals surface area contributed by atoms with Crippen molar-refractivity contribution >= 4 is 55.0 Å². The van der Waals surface area contributed by atoms with Gasteiger partial charge in [-0.3, -0.25) is 18.7 Å². The summed E-state index contributed by atoms with van der Waals surface area (Å²) in [6.07, 6.45) is 5.83. The fourth-order valence-electron chi connectivity index (χ4n) is 8.05. The van der Waals surface area contributed by atoms with Gasteiger partial charge in [-0.2, -0.15) is 0 Å². The number of carboxylic acid groups (broad SMARTS) is 1. The molecule has 2 aliphatic rings. The second-order valence-electron chi connectivity index (χ2n) is 16.0. The number of thiazole rings is 2. The Hall–Kier alpha value is -6.36. The van der Waals surface area contributed by atoms with E-state index in [9.17, 15) is 24.3 Å². The molecule has 0 aliphatic heterocycles. The second-order valence-corrected chi connectivity index (χ2v) is 18.0. The van der Waals surface area contributed by atoms with Gasteiger partial charge in [0.1, 0.15) is 0 Å². The van der Waals surface area contributed by atoms with Gasteiger partial charge in [-0.25, -0.2) is 9.59 Å². The Morgan fingerprint density at radius 1 is 0.574 bits per heavy atom. The number of carbonyl (C=O) groups is 2. The highest BCUT2D eigenvalue weighted by molar-refractivity contribution is 7.16. The summed E-state index contributed by atoms with van der Waals surface area (Å²) in [5.74, 6) is -0.0740. The number of carboxylic acids is 1. The Kier molecular flexibility index (Phi) is 11.4. The summed E-state index contributed by atoms with van der Waals surface area (Å²) in [6, 6.07) is 44.1. The molecule has 6 aromatic carbocycles.